The number of sulfone groups is 1. The average molecular weight is 289 g/mol. The van der Waals surface area contributed by atoms with Crippen LogP contribution in [0.3, 0.4) is 0 Å². The molecular formula is C11H19N3O4S. The number of amides is 2. The molecule has 108 valence electrons. The van der Waals surface area contributed by atoms with E-state index in [1.807, 2.05) is 0 Å². The standard InChI is InChI=1S/C11H19N3O4S/c15-10(14-9-2-1-3-13-11(9)16)6-8-7-19(17,18)5-4-12-8/h8-9,12H,1-7H2,(H,13,16)(H,14,15). The highest BCUT2D eigenvalue weighted by Crippen LogP contribution is 2.07. The van der Waals surface area contributed by atoms with Crippen molar-refractivity contribution in [3.05, 3.63) is 0 Å². The lowest BCUT2D eigenvalue weighted by Gasteiger charge is -2.26. The van der Waals surface area contributed by atoms with Crippen LogP contribution in [0.2, 0.25) is 0 Å². The molecule has 0 aliphatic carbocycles. The zero-order valence-corrected chi connectivity index (χ0v) is 11.5. The van der Waals surface area contributed by atoms with Crippen molar-refractivity contribution in [2.45, 2.75) is 31.3 Å². The second-order valence-electron chi connectivity index (χ2n) is 5.02. The summed E-state index contributed by atoms with van der Waals surface area (Å²) in [7, 11) is -3.04. The Bertz CT molecular complexity index is 463. The van der Waals surface area contributed by atoms with Crippen LogP contribution in [0.25, 0.3) is 0 Å². The Hall–Kier alpha value is -1.15. The van der Waals surface area contributed by atoms with Crippen LogP contribution < -0.4 is 16.0 Å². The Labute approximate surface area is 112 Å². The van der Waals surface area contributed by atoms with E-state index < -0.39 is 15.9 Å². The van der Waals surface area contributed by atoms with Gasteiger partial charge in [0.2, 0.25) is 11.8 Å². The zero-order valence-electron chi connectivity index (χ0n) is 10.6. The Kier molecular flexibility index (Phi) is 4.41. The van der Waals surface area contributed by atoms with Crippen molar-refractivity contribution < 1.29 is 18.0 Å². The van der Waals surface area contributed by atoms with E-state index in [1.165, 1.54) is 0 Å². The molecule has 0 aromatic heterocycles. The van der Waals surface area contributed by atoms with Gasteiger partial charge in [0.1, 0.15) is 6.04 Å². The molecule has 2 amide bonds. The Morgan fingerprint density at radius 3 is 2.84 bits per heavy atom. The number of carbonyl (C=O) groups is 2. The summed E-state index contributed by atoms with van der Waals surface area (Å²) in [4.78, 5) is 23.3. The van der Waals surface area contributed by atoms with Gasteiger partial charge in [-0.2, -0.15) is 0 Å². The highest BCUT2D eigenvalue weighted by Gasteiger charge is 2.28. The molecule has 0 bridgehead atoms. The molecule has 2 fully saturated rings. The lowest BCUT2D eigenvalue weighted by atomic mass is 10.1. The number of hydrogen-bond acceptors (Lipinski definition) is 5. The van der Waals surface area contributed by atoms with Gasteiger partial charge in [0.15, 0.2) is 9.84 Å². The minimum Gasteiger partial charge on any atom is -0.354 e. The third kappa shape index (κ3) is 4.17. The van der Waals surface area contributed by atoms with Gasteiger partial charge in [0.05, 0.1) is 11.5 Å². The summed E-state index contributed by atoms with van der Waals surface area (Å²) in [6, 6.07) is -0.841. The molecule has 0 aromatic rings. The van der Waals surface area contributed by atoms with Crippen molar-refractivity contribution in [2.24, 2.45) is 0 Å². The van der Waals surface area contributed by atoms with Crippen molar-refractivity contribution in [1.29, 1.82) is 0 Å². The predicted octanol–water partition coefficient (Wildman–Crippen LogP) is -1.84. The van der Waals surface area contributed by atoms with Crippen LogP contribution in [0.15, 0.2) is 0 Å². The van der Waals surface area contributed by atoms with Gasteiger partial charge >= 0.3 is 0 Å². The molecule has 0 spiro atoms. The first kappa shape index (κ1) is 14.3. The number of rotatable bonds is 3. The molecule has 19 heavy (non-hydrogen) atoms. The summed E-state index contributed by atoms with van der Waals surface area (Å²) in [6.07, 6.45) is 1.56. The van der Waals surface area contributed by atoms with Crippen LogP contribution in [0.1, 0.15) is 19.3 Å². The fourth-order valence-electron chi connectivity index (χ4n) is 2.39. The topological polar surface area (TPSA) is 104 Å². The molecule has 2 saturated heterocycles. The zero-order chi connectivity index (χ0) is 13.9. The molecule has 0 radical (unpaired) electrons. The third-order valence-electron chi connectivity index (χ3n) is 3.35. The Balaban J connectivity index is 1.82. The smallest absolute Gasteiger partial charge is 0.242 e. The van der Waals surface area contributed by atoms with Gasteiger partial charge in [-0.15, -0.1) is 0 Å². The quantitative estimate of drug-likeness (QED) is 0.566. The number of nitrogens with one attached hydrogen (secondary N) is 3. The largest absolute Gasteiger partial charge is 0.354 e. The molecule has 2 aliphatic rings. The van der Waals surface area contributed by atoms with Crippen LogP contribution in [-0.4, -0.2) is 56.9 Å². The van der Waals surface area contributed by atoms with E-state index in [1.54, 1.807) is 0 Å². The van der Waals surface area contributed by atoms with E-state index in [0.717, 1.165) is 6.42 Å². The maximum absolute atomic E-state index is 11.8. The Morgan fingerprint density at radius 1 is 1.37 bits per heavy atom. The van der Waals surface area contributed by atoms with Crippen molar-refractivity contribution in [3.63, 3.8) is 0 Å². The van der Waals surface area contributed by atoms with Gasteiger partial charge in [-0.05, 0) is 12.8 Å². The lowest BCUT2D eigenvalue weighted by molar-refractivity contribution is -0.130. The maximum atomic E-state index is 11.8. The fourth-order valence-corrected chi connectivity index (χ4v) is 3.83. The van der Waals surface area contributed by atoms with E-state index >= 15 is 0 Å². The van der Waals surface area contributed by atoms with E-state index in [0.29, 0.717) is 19.5 Å². The number of hydrogen-bond donors (Lipinski definition) is 3. The monoisotopic (exact) mass is 289 g/mol. The van der Waals surface area contributed by atoms with E-state index in [2.05, 4.69) is 16.0 Å². The summed E-state index contributed by atoms with van der Waals surface area (Å²) < 4.78 is 22.9. The Morgan fingerprint density at radius 2 is 2.16 bits per heavy atom. The second kappa shape index (κ2) is 5.87. The molecule has 2 aliphatic heterocycles. The van der Waals surface area contributed by atoms with Crippen molar-refractivity contribution in [2.75, 3.05) is 24.6 Å². The molecular weight excluding hydrogens is 270 g/mol. The van der Waals surface area contributed by atoms with Gasteiger partial charge < -0.3 is 16.0 Å². The van der Waals surface area contributed by atoms with E-state index in [9.17, 15) is 18.0 Å². The highest BCUT2D eigenvalue weighted by molar-refractivity contribution is 7.91. The molecule has 0 saturated carbocycles. The second-order valence-corrected chi connectivity index (χ2v) is 7.25. The van der Waals surface area contributed by atoms with Gasteiger partial charge in [-0.1, -0.05) is 0 Å². The summed E-state index contributed by atoms with van der Waals surface area (Å²) in [5.74, 6) is -0.339. The molecule has 8 heteroatoms. The van der Waals surface area contributed by atoms with Crippen LogP contribution in [0, 0.1) is 0 Å². The van der Waals surface area contributed by atoms with Crippen molar-refractivity contribution >= 4 is 21.7 Å². The van der Waals surface area contributed by atoms with E-state index in [4.69, 9.17) is 0 Å². The van der Waals surface area contributed by atoms with Gasteiger partial charge in [-0.25, -0.2) is 8.42 Å². The number of carbonyl (C=O) groups excluding carboxylic acids is 2. The predicted molar refractivity (Wildman–Crippen MR) is 69.2 cm³/mol. The third-order valence-corrected chi connectivity index (χ3v) is 5.09. The maximum Gasteiger partial charge on any atom is 0.242 e. The summed E-state index contributed by atoms with van der Waals surface area (Å²) in [6.45, 7) is 1.03. The van der Waals surface area contributed by atoms with Gasteiger partial charge in [-0.3, -0.25) is 9.59 Å². The highest BCUT2D eigenvalue weighted by atomic mass is 32.2. The van der Waals surface area contributed by atoms with Gasteiger partial charge in [0.25, 0.3) is 0 Å². The number of piperidine rings is 1. The molecule has 3 N–H and O–H groups in total. The van der Waals surface area contributed by atoms with Crippen molar-refractivity contribution in [3.8, 4) is 0 Å². The average Bonchev–Trinajstić information content (AvgIpc) is 2.30. The van der Waals surface area contributed by atoms with Crippen LogP contribution in [0.4, 0.5) is 0 Å². The van der Waals surface area contributed by atoms with Crippen LogP contribution >= 0.6 is 0 Å². The molecule has 2 unspecified atom stereocenters. The SMILES string of the molecule is O=C(CC1CS(=O)(=O)CCN1)NC1CCCNC1=O. The minimum atomic E-state index is -3.04. The minimum absolute atomic E-state index is 0.0166. The van der Waals surface area contributed by atoms with Crippen molar-refractivity contribution in [1.82, 2.24) is 16.0 Å². The van der Waals surface area contributed by atoms with Crippen LogP contribution in [0.5, 0.6) is 0 Å². The first-order chi connectivity index (χ1) is 8.96. The summed E-state index contributed by atoms with van der Waals surface area (Å²) in [5.41, 5.74) is 0. The molecule has 0 aromatic carbocycles. The first-order valence-electron chi connectivity index (χ1n) is 6.47. The first-order valence-corrected chi connectivity index (χ1v) is 8.29. The fraction of sp³-hybridized carbons (Fsp3) is 0.818. The molecule has 2 rings (SSSR count). The van der Waals surface area contributed by atoms with Gasteiger partial charge in [0, 0.05) is 25.6 Å². The summed E-state index contributed by atoms with van der Waals surface area (Å²) in [5, 5.41) is 8.36. The normalized spacial score (nSPS) is 30.4. The molecule has 2 atom stereocenters. The summed E-state index contributed by atoms with van der Waals surface area (Å²) >= 11 is 0. The lowest BCUT2D eigenvalue weighted by Crippen LogP contribution is -2.52. The molecule has 7 nitrogen and oxygen atoms in total. The molecule has 2 heterocycles. The van der Waals surface area contributed by atoms with Crippen LogP contribution in [-0.2, 0) is 19.4 Å². The van der Waals surface area contributed by atoms with E-state index in [-0.39, 0.29) is 35.8 Å².